The quantitative estimate of drug-likeness (QED) is 0.371. The lowest BCUT2D eigenvalue weighted by Crippen LogP contribution is -2.58. The number of ether oxygens (including phenoxy) is 1. The lowest BCUT2D eigenvalue weighted by atomic mass is 9.87. The molecule has 0 aliphatic heterocycles. The normalized spacial score (nSPS) is 15.9. The molecule has 0 heterocycles. The van der Waals surface area contributed by atoms with Crippen molar-refractivity contribution in [2.24, 2.45) is 0 Å². The lowest BCUT2D eigenvalue weighted by molar-refractivity contribution is -0.147. The van der Waals surface area contributed by atoms with Crippen molar-refractivity contribution in [1.82, 2.24) is 15.5 Å². The van der Waals surface area contributed by atoms with E-state index in [4.69, 9.17) is 11.2 Å². The number of terminal acetylenes is 1. The Labute approximate surface area is 226 Å². The maximum absolute atomic E-state index is 14.2. The molecule has 8 heteroatoms. The molecule has 0 radical (unpaired) electrons. The highest BCUT2D eigenvalue weighted by Crippen LogP contribution is 2.34. The van der Waals surface area contributed by atoms with Crippen LogP contribution in [0, 0.1) is 12.3 Å². The molecule has 2 rings (SSSR count). The van der Waals surface area contributed by atoms with Gasteiger partial charge in [-0.3, -0.25) is 9.59 Å². The molecule has 1 saturated carbocycles. The van der Waals surface area contributed by atoms with Crippen molar-refractivity contribution in [2.75, 3.05) is 12.0 Å². The number of hydrogen-bond acceptors (Lipinski definition) is 5. The fourth-order valence-electron chi connectivity index (χ4n) is 4.33. The summed E-state index contributed by atoms with van der Waals surface area (Å²) in [5.74, 6) is 2.78. The number of amides is 3. The molecule has 0 aromatic heterocycles. The molecule has 204 valence electrons. The predicted molar refractivity (Wildman–Crippen MR) is 150 cm³/mol. The van der Waals surface area contributed by atoms with Crippen LogP contribution >= 0.6 is 11.8 Å². The number of carbonyl (C=O) groups excluding carboxylic acids is 3. The van der Waals surface area contributed by atoms with Crippen molar-refractivity contribution < 1.29 is 19.1 Å². The van der Waals surface area contributed by atoms with E-state index in [9.17, 15) is 14.4 Å². The number of thioether (sulfide) groups is 1. The topological polar surface area (TPSA) is 87.7 Å². The van der Waals surface area contributed by atoms with E-state index in [1.807, 2.05) is 25.3 Å². The first-order valence-electron chi connectivity index (χ1n) is 13.2. The van der Waals surface area contributed by atoms with Crippen LogP contribution in [0.25, 0.3) is 0 Å². The predicted octanol–water partition coefficient (Wildman–Crippen LogP) is 5.04. The molecule has 7 nitrogen and oxygen atoms in total. The minimum atomic E-state index is -0.832. The van der Waals surface area contributed by atoms with E-state index in [1.165, 1.54) is 0 Å². The molecule has 37 heavy (non-hydrogen) atoms. The summed E-state index contributed by atoms with van der Waals surface area (Å²) < 4.78 is 5.45. The summed E-state index contributed by atoms with van der Waals surface area (Å²) in [5, 5.41) is 5.90. The highest BCUT2D eigenvalue weighted by atomic mass is 32.2. The van der Waals surface area contributed by atoms with Crippen molar-refractivity contribution in [3.8, 4) is 12.3 Å². The Balaban J connectivity index is 2.47. The van der Waals surface area contributed by atoms with Crippen molar-refractivity contribution in [3.63, 3.8) is 0 Å². The van der Waals surface area contributed by atoms with Crippen LogP contribution < -0.4 is 10.6 Å². The molecule has 1 aromatic rings. The highest BCUT2D eigenvalue weighted by molar-refractivity contribution is 7.98. The zero-order valence-corrected chi connectivity index (χ0v) is 24.0. The third-order valence-corrected chi connectivity index (χ3v) is 7.00. The highest BCUT2D eigenvalue weighted by Gasteiger charge is 2.42. The fraction of sp³-hybridized carbons (Fsp3) is 0.621. The van der Waals surface area contributed by atoms with Gasteiger partial charge in [0.15, 0.2) is 0 Å². The standard InChI is InChI=1S/C29H43N3O4S/c1-8-11-20(3)30-26(33)25(22-16-14-21(9-2)15-17-22)32(23-12-10-13-23)27(34)24(18-19-37-7)31-28(35)36-29(4,5)6/h2,14-17,20,23-25H,8,10-13,18-19H2,1,3-7H3,(H,30,33)(H,31,35). The molecule has 1 aliphatic rings. The average Bonchev–Trinajstić information content (AvgIpc) is 2.79. The van der Waals surface area contributed by atoms with Crippen LogP contribution in [0.5, 0.6) is 0 Å². The number of hydrogen-bond donors (Lipinski definition) is 2. The number of rotatable bonds is 12. The van der Waals surface area contributed by atoms with Crippen molar-refractivity contribution in [3.05, 3.63) is 35.4 Å². The molecule has 2 N–H and O–H groups in total. The summed E-state index contributed by atoms with van der Waals surface area (Å²) in [7, 11) is 0. The Morgan fingerprint density at radius 1 is 1.16 bits per heavy atom. The Morgan fingerprint density at radius 2 is 1.81 bits per heavy atom. The van der Waals surface area contributed by atoms with Crippen LogP contribution in [0.4, 0.5) is 4.79 Å². The van der Waals surface area contributed by atoms with Gasteiger partial charge in [-0.15, -0.1) is 6.42 Å². The van der Waals surface area contributed by atoms with Crippen LogP contribution in [0.2, 0.25) is 0 Å². The van der Waals surface area contributed by atoms with Gasteiger partial charge in [0.05, 0.1) is 0 Å². The van der Waals surface area contributed by atoms with Gasteiger partial charge in [0.1, 0.15) is 17.7 Å². The van der Waals surface area contributed by atoms with Gasteiger partial charge >= 0.3 is 6.09 Å². The second-order valence-electron chi connectivity index (χ2n) is 10.7. The SMILES string of the molecule is C#Cc1ccc(C(C(=O)NC(C)CCC)N(C(=O)C(CCSC)NC(=O)OC(C)(C)C)C2CCC2)cc1. The number of alkyl carbamates (subject to hydrolysis) is 1. The molecular formula is C29H43N3O4S. The molecule has 0 saturated heterocycles. The van der Waals surface area contributed by atoms with Crippen LogP contribution in [0.15, 0.2) is 24.3 Å². The van der Waals surface area contributed by atoms with E-state index in [2.05, 4.69) is 23.5 Å². The molecule has 3 amide bonds. The summed E-state index contributed by atoms with van der Waals surface area (Å²) in [6.45, 7) is 9.39. The van der Waals surface area contributed by atoms with Gasteiger partial charge in [0.2, 0.25) is 11.8 Å². The largest absolute Gasteiger partial charge is 0.444 e. The summed E-state index contributed by atoms with van der Waals surface area (Å²) in [4.78, 5) is 42.3. The van der Waals surface area contributed by atoms with Crippen LogP contribution in [0.3, 0.4) is 0 Å². The third kappa shape index (κ3) is 9.30. The van der Waals surface area contributed by atoms with Gasteiger partial charge in [-0.2, -0.15) is 11.8 Å². The van der Waals surface area contributed by atoms with E-state index in [-0.39, 0.29) is 23.9 Å². The minimum Gasteiger partial charge on any atom is -0.444 e. The Bertz CT molecular complexity index is 947. The molecule has 1 fully saturated rings. The molecule has 0 bridgehead atoms. The number of nitrogens with one attached hydrogen (secondary N) is 2. The van der Waals surface area contributed by atoms with Crippen LogP contribution in [-0.4, -0.2) is 58.5 Å². The van der Waals surface area contributed by atoms with Crippen LogP contribution in [-0.2, 0) is 14.3 Å². The van der Waals surface area contributed by atoms with Crippen molar-refractivity contribution in [1.29, 1.82) is 0 Å². The van der Waals surface area contributed by atoms with E-state index in [1.54, 1.807) is 49.6 Å². The van der Waals surface area contributed by atoms with Gasteiger partial charge in [-0.1, -0.05) is 31.4 Å². The van der Waals surface area contributed by atoms with Gasteiger partial charge in [0, 0.05) is 17.6 Å². The van der Waals surface area contributed by atoms with E-state index in [0.717, 1.165) is 32.1 Å². The van der Waals surface area contributed by atoms with Gasteiger partial charge in [-0.05, 0) is 89.5 Å². The zero-order valence-electron chi connectivity index (χ0n) is 23.1. The molecule has 0 spiro atoms. The Hall–Kier alpha value is -2.66. The van der Waals surface area contributed by atoms with Gasteiger partial charge < -0.3 is 20.3 Å². The van der Waals surface area contributed by atoms with E-state index < -0.39 is 23.8 Å². The number of benzene rings is 1. The monoisotopic (exact) mass is 529 g/mol. The lowest BCUT2D eigenvalue weighted by Gasteiger charge is -2.44. The first-order valence-corrected chi connectivity index (χ1v) is 14.6. The number of nitrogens with zero attached hydrogens (tertiary/aromatic N) is 1. The first kappa shape index (κ1) is 30.6. The van der Waals surface area contributed by atoms with Gasteiger partial charge in [0.25, 0.3) is 0 Å². The molecule has 1 aliphatic carbocycles. The smallest absolute Gasteiger partial charge is 0.408 e. The number of carbonyl (C=O) groups is 3. The summed E-state index contributed by atoms with van der Waals surface area (Å²) in [6, 6.07) is 5.46. The zero-order chi connectivity index (χ0) is 27.6. The Morgan fingerprint density at radius 3 is 2.30 bits per heavy atom. The van der Waals surface area contributed by atoms with Gasteiger partial charge in [-0.25, -0.2) is 4.79 Å². The van der Waals surface area contributed by atoms with E-state index >= 15 is 0 Å². The second-order valence-corrected chi connectivity index (χ2v) is 11.7. The maximum atomic E-state index is 14.2. The first-order chi connectivity index (χ1) is 17.5. The molecule has 1 aromatic carbocycles. The molecule has 3 unspecified atom stereocenters. The minimum absolute atomic E-state index is 0.0319. The maximum Gasteiger partial charge on any atom is 0.408 e. The summed E-state index contributed by atoms with van der Waals surface area (Å²) >= 11 is 1.60. The molecule has 3 atom stereocenters. The van der Waals surface area contributed by atoms with Crippen LogP contribution in [0.1, 0.15) is 90.3 Å². The fourth-order valence-corrected chi connectivity index (χ4v) is 4.80. The Kier molecular flexibility index (Phi) is 11.8. The second kappa shape index (κ2) is 14.3. The van der Waals surface area contributed by atoms with E-state index in [0.29, 0.717) is 23.3 Å². The molecular weight excluding hydrogens is 486 g/mol. The average molecular weight is 530 g/mol. The summed E-state index contributed by atoms with van der Waals surface area (Å²) in [6.07, 6.45) is 11.7. The summed E-state index contributed by atoms with van der Waals surface area (Å²) in [5.41, 5.74) is 0.705. The van der Waals surface area contributed by atoms with Crippen molar-refractivity contribution >= 4 is 29.7 Å². The third-order valence-electron chi connectivity index (χ3n) is 6.35. The van der Waals surface area contributed by atoms with Crippen molar-refractivity contribution in [2.45, 2.75) is 103 Å².